The Hall–Kier alpha value is -4.05. The number of carbonyl (C=O) groups excluding carboxylic acids is 1. The highest BCUT2D eigenvalue weighted by Crippen LogP contribution is 2.35. The van der Waals surface area contributed by atoms with Crippen molar-refractivity contribution < 1.29 is 30.8 Å². The van der Waals surface area contributed by atoms with E-state index < -0.39 is 45.8 Å². The van der Waals surface area contributed by atoms with Gasteiger partial charge in [0.2, 0.25) is 5.91 Å². The highest BCUT2D eigenvalue weighted by Gasteiger charge is 2.37. The third-order valence-electron chi connectivity index (χ3n) is 9.22. The van der Waals surface area contributed by atoms with Crippen LogP contribution >= 0.6 is 0 Å². The third kappa shape index (κ3) is 7.59. The molecule has 8 nitrogen and oxygen atoms in total. The van der Waals surface area contributed by atoms with Gasteiger partial charge in [-0.15, -0.1) is 0 Å². The Bertz CT molecular complexity index is 1880. The molecule has 1 aliphatic carbocycles. The quantitative estimate of drug-likeness (QED) is 0.296. The Balaban J connectivity index is 1.61. The van der Waals surface area contributed by atoms with E-state index in [4.69, 9.17) is 4.98 Å². The van der Waals surface area contributed by atoms with Gasteiger partial charge in [-0.2, -0.15) is 18.4 Å². The molecule has 0 spiro atoms. The van der Waals surface area contributed by atoms with Gasteiger partial charge in [-0.25, -0.2) is 17.8 Å². The van der Waals surface area contributed by atoms with Crippen molar-refractivity contribution in [2.75, 3.05) is 18.1 Å². The predicted molar refractivity (Wildman–Crippen MR) is 167 cm³/mol. The van der Waals surface area contributed by atoms with Gasteiger partial charge in [-0.1, -0.05) is 19.9 Å². The molecule has 250 valence electrons. The third-order valence-corrected chi connectivity index (χ3v) is 10.9. The zero-order chi connectivity index (χ0) is 34.3. The lowest BCUT2D eigenvalue weighted by atomic mass is 9.76. The fourth-order valence-corrected chi connectivity index (χ4v) is 8.02. The van der Waals surface area contributed by atoms with Crippen LogP contribution in [0.1, 0.15) is 79.8 Å². The number of nitrogens with zero attached hydrogens (tertiary/aromatic N) is 4. The Morgan fingerprint density at radius 1 is 1.15 bits per heavy atom. The van der Waals surface area contributed by atoms with Crippen molar-refractivity contribution in [1.29, 1.82) is 5.26 Å². The largest absolute Gasteiger partial charge is 0.419 e. The van der Waals surface area contributed by atoms with E-state index in [-0.39, 0.29) is 46.3 Å². The van der Waals surface area contributed by atoms with E-state index in [0.717, 1.165) is 12.5 Å². The van der Waals surface area contributed by atoms with Gasteiger partial charge < -0.3 is 4.90 Å². The first-order chi connectivity index (χ1) is 22.0. The number of aromatic nitrogens is 2. The maximum absolute atomic E-state index is 14.2. The second-order valence-corrected chi connectivity index (χ2v) is 15.6. The van der Waals surface area contributed by atoms with Gasteiger partial charge in [0, 0.05) is 12.1 Å². The van der Waals surface area contributed by atoms with Gasteiger partial charge in [0.25, 0.3) is 5.56 Å². The summed E-state index contributed by atoms with van der Waals surface area (Å²) in [6.07, 6.45) is -3.06. The smallest absolute Gasteiger partial charge is 0.332 e. The van der Waals surface area contributed by atoms with Crippen LogP contribution in [-0.2, 0) is 40.1 Å². The van der Waals surface area contributed by atoms with Crippen LogP contribution in [0, 0.1) is 28.5 Å². The maximum atomic E-state index is 14.2. The van der Waals surface area contributed by atoms with Gasteiger partial charge in [0.1, 0.15) is 21.5 Å². The van der Waals surface area contributed by atoms with Gasteiger partial charge in [0.15, 0.2) is 0 Å². The lowest BCUT2D eigenvalue weighted by Crippen LogP contribution is -2.43. The molecule has 0 bridgehead atoms. The van der Waals surface area contributed by atoms with E-state index in [9.17, 15) is 40.8 Å². The van der Waals surface area contributed by atoms with Gasteiger partial charge in [-0.05, 0) is 92.3 Å². The number of hydrogen-bond donors (Lipinski definition) is 0. The van der Waals surface area contributed by atoms with E-state index >= 15 is 0 Å². The average Bonchev–Trinajstić information content (AvgIpc) is 3.00. The number of hydrogen-bond acceptors (Lipinski definition) is 6. The van der Waals surface area contributed by atoms with Crippen molar-refractivity contribution >= 4 is 15.7 Å². The number of sulfone groups is 1. The minimum atomic E-state index is -4.96. The van der Waals surface area contributed by atoms with Crippen LogP contribution in [0.25, 0.3) is 5.69 Å². The van der Waals surface area contributed by atoms with Crippen molar-refractivity contribution in [2.24, 2.45) is 11.3 Å². The molecular weight excluding hydrogens is 636 g/mol. The van der Waals surface area contributed by atoms with Crippen LogP contribution < -0.4 is 5.56 Å². The molecule has 2 aliphatic rings. The number of rotatable bonds is 7. The topological polar surface area (TPSA) is 113 Å². The molecule has 1 saturated heterocycles. The minimum absolute atomic E-state index is 0.0446. The second-order valence-electron chi connectivity index (χ2n) is 13.3. The van der Waals surface area contributed by atoms with E-state index in [2.05, 4.69) is 13.8 Å². The molecule has 0 unspecified atom stereocenters. The average molecular weight is 673 g/mol. The summed E-state index contributed by atoms with van der Waals surface area (Å²) < 4.78 is 80.2. The summed E-state index contributed by atoms with van der Waals surface area (Å²) >= 11 is 0. The number of amides is 1. The summed E-state index contributed by atoms with van der Waals surface area (Å²) in [6, 6.07) is 9.97. The fourth-order valence-electron chi connectivity index (χ4n) is 6.43. The highest BCUT2D eigenvalue weighted by atomic mass is 32.2. The van der Waals surface area contributed by atoms with Crippen LogP contribution in [0.2, 0.25) is 0 Å². The van der Waals surface area contributed by atoms with E-state index in [0.29, 0.717) is 60.3 Å². The lowest BCUT2D eigenvalue weighted by Gasteiger charge is -2.36. The minimum Gasteiger partial charge on any atom is -0.332 e. The maximum Gasteiger partial charge on any atom is 0.419 e. The Kier molecular flexibility index (Phi) is 9.38. The van der Waals surface area contributed by atoms with Crippen molar-refractivity contribution in [3.8, 4) is 11.8 Å². The van der Waals surface area contributed by atoms with Crippen LogP contribution in [0.15, 0.2) is 47.3 Å². The molecule has 2 heterocycles. The first kappa shape index (κ1) is 34.3. The first-order valence-corrected chi connectivity index (χ1v) is 17.3. The number of fused-ring (bicyclic) bond motifs is 1. The number of halogens is 4. The monoisotopic (exact) mass is 672 g/mol. The molecule has 1 amide bonds. The summed E-state index contributed by atoms with van der Waals surface area (Å²) in [5.74, 6) is -2.12. The summed E-state index contributed by atoms with van der Waals surface area (Å²) in [5.41, 5.74) is 0.0293. The molecule has 0 N–H and O–H groups in total. The standard InChI is InChI=1S/C34H36F4N4O4S/c1-21(31-40-29-18-33(2,3)13-10-26(29)32(44)42(31)25-7-4-22(19-39)5-8-25)41(20-23-11-14-47(45,46)15-12-23)30(43)17-24-6-9-28(35)27(16-24)34(36,37)38/h4-9,16,21,23H,10-15,17-18,20H2,1-3H3/t21-/m1/s1. The summed E-state index contributed by atoms with van der Waals surface area (Å²) in [6.45, 7) is 5.93. The molecule has 3 aromatic rings. The Morgan fingerprint density at radius 3 is 2.43 bits per heavy atom. The second kappa shape index (κ2) is 12.9. The summed E-state index contributed by atoms with van der Waals surface area (Å²) in [5, 5.41) is 9.33. The van der Waals surface area contributed by atoms with Crippen LogP contribution in [0.3, 0.4) is 0 Å². The van der Waals surface area contributed by atoms with Crippen molar-refractivity contribution in [3.05, 3.63) is 92.4 Å². The first-order valence-electron chi connectivity index (χ1n) is 15.5. The van der Waals surface area contributed by atoms with E-state index in [1.165, 1.54) is 9.47 Å². The van der Waals surface area contributed by atoms with Crippen LogP contribution in [0.5, 0.6) is 0 Å². The van der Waals surface area contributed by atoms with E-state index in [1.54, 1.807) is 31.2 Å². The molecule has 2 aromatic carbocycles. The Labute approximate surface area is 271 Å². The molecule has 1 aliphatic heterocycles. The highest BCUT2D eigenvalue weighted by molar-refractivity contribution is 7.91. The summed E-state index contributed by atoms with van der Waals surface area (Å²) in [7, 11) is -3.22. The molecule has 0 saturated carbocycles. The van der Waals surface area contributed by atoms with Crippen molar-refractivity contribution in [1.82, 2.24) is 14.5 Å². The van der Waals surface area contributed by atoms with Gasteiger partial charge >= 0.3 is 6.18 Å². The molecule has 5 rings (SSSR count). The zero-order valence-corrected chi connectivity index (χ0v) is 27.2. The van der Waals surface area contributed by atoms with Crippen molar-refractivity contribution in [2.45, 2.75) is 71.5 Å². The predicted octanol–water partition coefficient (Wildman–Crippen LogP) is 5.73. The molecule has 47 heavy (non-hydrogen) atoms. The van der Waals surface area contributed by atoms with E-state index in [1.807, 2.05) is 6.07 Å². The normalized spacial score (nSPS) is 18.2. The Morgan fingerprint density at radius 2 is 1.81 bits per heavy atom. The molecule has 1 fully saturated rings. The number of alkyl halides is 3. The summed E-state index contributed by atoms with van der Waals surface area (Å²) in [4.78, 5) is 34.7. The molecular formula is C34H36F4N4O4S. The van der Waals surface area contributed by atoms with Crippen LogP contribution in [0.4, 0.5) is 17.6 Å². The van der Waals surface area contributed by atoms with Gasteiger partial charge in [-0.3, -0.25) is 14.2 Å². The molecule has 13 heteroatoms. The fraction of sp³-hybridized carbons (Fsp3) is 0.471. The lowest BCUT2D eigenvalue weighted by molar-refractivity contribution is -0.140. The number of carbonyl (C=O) groups is 1. The molecule has 1 aromatic heterocycles. The number of benzene rings is 2. The number of nitriles is 1. The SMILES string of the molecule is C[C@H](c1nc2c(c(=O)n1-c1ccc(C#N)cc1)CCC(C)(C)C2)N(CC1CCS(=O)(=O)CC1)C(=O)Cc1ccc(F)c(C(F)(F)F)c1. The molecule has 1 atom stereocenters. The zero-order valence-electron chi connectivity index (χ0n) is 26.4. The van der Waals surface area contributed by atoms with Crippen LogP contribution in [-0.4, -0.2) is 46.8 Å². The van der Waals surface area contributed by atoms with Crippen molar-refractivity contribution in [3.63, 3.8) is 0 Å². The molecule has 0 radical (unpaired) electrons. The van der Waals surface area contributed by atoms with Gasteiger partial charge in [0.05, 0.1) is 52.5 Å².